The average Bonchev–Trinajstić information content (AvgIpc) is 3.28. The molecular weight excluding hydrogens is 498 g/mol. The number of thiophene rings is 1. The van der Waals surface area contributed by atoms with Crippen molar-refractivity contribution in [2.45, 2.75) is 32.4 Å². The minimum Gasteiger partial charge on any atom is -0.495 e. The van der Waals surface area contributed by atoms with Gasteiger partial charge in [-0.15, -0.1) is 0 Å². The predicted octanol–water partition coefficient (Wildman–Crippen LogP) is 5.02. The summed E-state index contributed by atoms with van der Waals surface area (Å²) in [5.41, 5.74) is 0.894. The Balaban J connectivity index is 1.54. The number of hydrogen-bond donors (Lipinski definition) is 1. The number of nitro groups is 1. The van der Waals surface area contributed by atoms with Crippen molar-refractivity contribution in [3.63, 3.8) is 0 Å². The SMILES string of the molecule is CCOC(=O)OC1CCN(c2nc(NCc3ccc(OC)c(Cl)c3)c3cc([N+](=O)[O-])sc3n2)CC1. The Labute approximate surface area is 210 Å². The standard InChI is InChI=1S/C22H24ClN5O6S/c1-3-33-22(29)34-14-6-8-27(9-7-14)21-25-19(15-11-18(28(30)31)35-20(15)26-21)24-12-13-4-5-17(32-2)16(23)10-13/h4-5,10-11,14H,3,6-9,12H2,1-2H3,(H,24,25,26). The van der Waals surface area contributed by atoms with Crippen molar-refractivity contribution in [3.05, 3.63) is 45.0 Å². The fourth-order valence-corrected chi connectivity index (χ4v) is 4.85. The van der Waals surface area contributed by atoms with E-state index in [9.17, 15) is 14.9 Å². The zero-order chi connectivity index (χ0) is 24.9. The normalized spacial score (nSPS) is 14.1. The van der Waals surface area contributed by atoms with Gasteiger partial charge in [-0.05, 0) is 36.0 Å². The van der Waals surface area contributed by atoms with Gasteiger partial charge < -0.3 is 24.4 Å². The molecule has 0 aliphatic carbocycles. The number of nitrogens with zero attached hydrogens (tertiary/aromatic N) is 4. The van der Waals surface area contributed by atoms with E-state index in [1.54, 1.807) is 26.2 Å². The summed E-state index contributed by atoms with van der Waals surface area (Å²) in [6.45, 7) is 3.51. The van der Waals surface area contributed by atoms with Crippen LogP contribution >= 0.6 is 22.9 Å². The number of halogens is 1. The van der Waals surface area contributed by atoms with Gasteiger partial charge in [0, 0.05) is 38.5 Å². The zero-order valence-electron chi connectivity index (χ0n) is 19.2. The number of fused-ring (bicyclic) bond motifs is 1. The topological polar surface area (TPSA) is 129 Å². The van der Waals surface area contributed by atoms with E-state index < -0.39 is 11.1 Å². The number of nitrogens with one attached hydrogen (secondary N) is 1. The molecule has 1 saturated heterocycles. The molecule has 0 radical (unpaired) electrons. The molecule has 186 valence electrons. The highest BCUT2D eigenvalue weighted by molar-refractivity contribution is 7.21. The van der Waals surface area contributed by atoms with Gasteiger partial charge in [-0.1, -0.05) is 17.7 Å². The highest BCUT2D eigenvalue weighted by Crippen LogP contribution is 2.36. The molecule has 0 atom stereocenters. The number of anilines is 2. The first kappa shape index (κ1) is 24.7. The van der Waals surface area contributed by atoms with E-state index in [1.165, 1.54) is 6.07 Å². The molecule has 0 saturated carbocycles. The number of aromatic nitrogens is 2. The van der Waals surface area contributed by atoms with Crippen molar-refractivity contribution in [2.75, 3.05) is 37.0 Å². The van der Waals surface area contributed by atoms with E-state index in [4.69, 9.17) is 25.8 Å². The van der Waals surface area contributed by atoms with Crippen molar-refractivity contribution in [1.82, 2.24) is 9.97 Å². The van der Waals surface area contributed by atoms with Crippen LogP contribution in [0, 0.1) is 10.1 Å². The van der Waals surface area contributed by atoms with Gasteiger partial charge in [0.25, 0.3) is 0 Å². The van der Waals surface area contributed by atoms with Crippen LogP contribution in [0.25, 0.3) is 10.2 Å². The molecule has 3 heterocycles. The van der Waals surface area contributed by atoms with E-state index in [0.717, 1.165) is 16.9 Å². The van der Waals surface area contributed by atoms with Crippen LogP contribution in [0.2, 0.25) is 5.02 Å². The van der Waals surface area contributed by atoms with Crippen molar-refractivity contribution in [3.8, 4) is 5.75 Å². The van der Waals surface area contributed by atoms with Crippen LogP contribution in [-0.2, 0) is 16.0 Å². The average molecular weight is 522 g/mol. The second kappa shape index (κ2) is 10.9. The fourth-order valence-electron chi connectivity index (χ4n) is 3.73. The van der Waals surface area contributed by atoms with Crippen LogP contribution in [0.5, 0.6) is 5.75 Å². The van der Waals surface area contributed by atoms with Crippen molar-refractivity contribution in [2.24, 2.45) is 0 Å². The monoisotopic (exact) mass is 521 g/mol. The Kier molecular flexibility index (Phi) is 7.71. The largest absolute Gasteiger partial charge is 0.508 e. The van der Waals surface area contributed by atoms with Gasteiger partial charge >= 0.3 is 11.2 Å². The summed E-state index contributed by atoms with van der Waals surface area (Å²) in [4.78, 5) is 34.3. The minimum absolute atomic E-state index is 0.0106. The van der Waals surface area contributed by atoms with Crippen LogP contribution in [-0.4, -0.2) is 54.0 Å². The quantitative estimate of drug-likeness (QED) is 0.245. The molecule has 2 aromatic heterocycles. The third-order valence-corrected chi connectivity index (χ3v) is 6.75. The highest BCUT2D eigenvalue weighted by atomic mass is 35.5. The minimum atomic E-state index is -0.667. The van der Waals surface area contributed by atoms with Crippen LogP contribution < -0.4 is 15.0 Å². The Hall–Kier alpha value is -3.38. The lowest BCUT2D eigenvalue weighted by Gasteiger charge is -2.31. The van der Waals surface area contributed by atoms with Crippen molar-refractivity contribution in [1.29, 1.82) is 0 Å². The summed E-state index contributed by atoms with van der Waals surface area (Å²) in [6.07, 6.45) is 0.282. The Morgan fingerprint density at radius 1 is 1.31 bits per heavy atom. The molecule has 1 aromatic carbocycles. The smallest absolute Gasteiger partial charge is 0.495 e. The Morgan fingerprint density at radius 2 is 2.09 bits per heavy atom. The second-order valence-corrected chi connectivity index (χ2v) is 9.16. The summed E-state index contributed by atoms with van der Waals surface area (Å²) in [6, 6.07) is 6.92. The molecule has 13 heteroatoms. The third kappa shape index (κ3) is 5.82. The number of methoxy groups -OCH3 is 1. The number of carbonyl (C=O) groups is 1. The van der Waals surface area contributed by atoms with Gasteiger partial charge in [0.05, 0.1) is 29.0 Å². The summed E-state index contributed by atoms with van der Waals surface area (Å²) in [7, 11) is 1.55. The molecule has 0 spiro atoms. The number of rotatable bonds is 8. The van der Waals surface area contributed by atoms with Gasteiger partial charge in [0.1, 0.15) is 22.5 Å². The molecule has 1 N–H and O–H groups in total. The molecule has 0 unspecified atom stereocenters. The van der Waals surface area contributed by atoms with Crippen LogP contribution in [0.1, 0.15) is 25.3 Å². The van der Waals surface area contributed by atoms with Crippen molar-refractivity contribution >= 4 is 56.1 Å². The maximum Gasteiger partial charge on any atom is 0.508 e. The molecule has 3 aromatic rings. The Bertz CT molecular complexity index is 1230. The van der Waals surface area contributed by atoms with E-state index in [-0.39, 0.29) is 17.7 Å². The van der Waals surface area contributed by atoms with E-state index in [1.807, 2.05) is 11.0 Å². The summed E-state index contributed by atoms with van der Waals surface area (Å²) in [5.74, 6) is 1.52. The van der Waals surface area contributed by atoms with Crippen LogP contribution in [0.4, 0.5) is 21.6 Å². The zero-order valence-corrected chi connectivity index (χ0v) is 20.7. The lowest BCUT2D eigenvalue weighted by molar-refractivity contribution is -0.380. The summed E-state index contributed by atoms with van der Waals surface area (Å²) in [5, 5.41) is 15.7. The van der Waals surface area contributed by atoms with Crippen LogP contribution in [0.15, 0.2) is 24.3 Å². The van der Waals surface area contributed by atoms with Gasteiger partial charge in [-0.2, -0.15) is 4.98 Å². The number of ether oxygens (including phenoxy) is 3. The predicted molar refractivity (Wildman–Crippen MR) is 133 cm³/mol. The summed E-state index contributed by atoms with van der Waals surface area (Å²) < 4.78 is 15.4. The molecule has 1 aliphatic rings. The van der Waals surface area contributed by atoms with Gasteiger partial charge in [-0.3, -0.25) is 10.1 Å². The number of hydrogen-bond acceptors (Lipinski definition) is 11. The van der Waals surface area contributed by atoms with Crippen LogP contribution in [0.3, 0.4) is 0 Å². The molecule has 4 rings (SSSR count). The Morgan fingerprint density at radius 3 is 2.74 bits per heavy atom. The number of piperidine rings is 1. The number of carbonyl (C=O) groups excluding carboxylic acids is 1. The maximum atomic E-state index is 11.6. The second-order valence-electron chi connectivity index (χ2n) is 7.74. The van der Waals surface area contributed by atoms with E-state index >= 15 is 0 Å². The summed E-state index contributed by atoms with van der Waals surface area (Å²) >= 11 is 7.24. The molecule has 1 fully saturated rings. The first-order valence-corrected chi connectivity index (χ1v) is 12.2. The maximum absolute atomic E-state index is 11.6. The van der Waals surface area contributed by atoms with Gasteiger partial charge in [0.15, 0.2) is 0 Å². The molecule has 35 heavy (non-hydrogen) atoms. The molecule has 11 nitrogen and oxygen atoms in total. The van der Waals surface area contributed by atoms with Gasteiger partial charge in [-0.25, -0.2) is 9.78 Å². The van der Waals surface area contributed by atoms with Gasteiger partial charge in [0.2, 0.25) is 5.95 Å². The first-order valence-electron chi connectivity index (χ1n) is 11.0. The lowest BCUT2D eigenvalue weighted by Crippen LogP contribution is -2.39. The molecule has 0 amide bonds. The fraction of sp³-hybridized carbons (Fsp3) is 0.409. The molecule has 1 aliphatic heterocycles. The highest BCUT2D eigenvalue weighted by Gasteiger charge is 2.26. The number of benzene rings is 1. The van der Waals surface area contributed by atoms with Crippen molar-refractivity contribution < 1.29 is 23.9 Å². The lowest BCUT2D eigenvalue weighted by atomic mass is 10.1. The third-order valence-electron chi connectivity index (χ3n) is 5.47. The van der Waals surface area contributed by atoms with E-state index in [0.29, 0.717) is 65.2 Å². The van der Waals surface area contributed by atoms with E-state index in [2.05, 4.69) is 15.3 Å². The molecular formula is C22H24ClN5O6S. The first-order chi connectivity index (χ1) is 16.9. The molecule has 0 bridgehead atoms.